The average molecular weight is 491 g/mol. The first kappa shape index (κ1) is 25.7. The minimum atomic E-state index is -0.665. The van der Waals surface area contributed by atoms with Crippen molar-refractivity contribution in [3.63, 3.8) is 0 Å². The minimum absolute atomic E-state index is 0. The van der Waals surface area contributed by atoms with Crippen LogP contribution in [0.15, 0.2) is 36.4 Å². The van der Waals surface area contributed by atoms with Gasteiger partial charge in [-0.1, -0.05) is 89.1 Å². The molecular formula is C27H40BrNO2. The summed E-state index contributed by atoms with van der Waals surface area (Å²) in [6.45, 7) is 8.34. The molecule has 1 atom stereocenters. The van der Waals surface area contributed by atoms with E-state index in [2.05, 4.69) is 62.1 Å². The maximum absolute atomic E-state index is 10.5. The van der Waals surface area contributed by atoms with Crippen LogP contribution in [0.1, 0.15) is 90.5 Å². The van der Waals surface area contributed by atoms with Gasteiger partial charge in [0.2, 0.25) is 0 Å². The molecule has 0 saturated heterocycles. The number of carbonyl (C=O) groups is 1. The molecule has 0 bridgehead atoms. The van der Waals surface area contributed by atoms with Gasteiger partial charge in [-0.2, -0.15) is 0 Å². The number of carboxylic acid groups (broad SMARTS) is 1. The zero-order valence-electron chi connectivity index (χ0n) is 19.5. The highest BCUT2D eigenvalue weighted by atomic mass is 79.9. The summed E-state index contributed by atoms with van der Waals surface area (Å²) in [7, 11) is 0. The molecule has 3 nitrogen and oxygen atoms in total. The molecule has 1 aliphatic heterocycles. The molecule has 4 heteroatoms. The number of aliphatic carboxylic acids is 1. The lowest BCUT2D eigenvalue weighted by Gasteiger charge is -2.31. The molecule has 1 heterocycles. The Kier molecular flexibility index (Phi) is 9.87. The molecule has 1 N–H and O–H groups in total. The molecule has 0 aliphatic carbocycles. The summed E-state index contributed by atoms with van der Waals surface area (Å²) in [5.74, 6) is -0.665. The SMILES string of the molecule is Br.CC1N(CCCCCCCCCCCC(=O)O)c2ccc3ccccc3c2C1(C)C. The topological polar surface area (TPSA) is 40.5 Å². The third kappa shape index (κ3) is 6.25. The second-order valence-electron chi connectivity index (χ2n) is 9.60. The van der Waals surface area contributed by atoms with Crippen molar-refractivity contribution in [1.29, 1.82) is 0 Å². The monoisotopic (exact) mass is 489 g/mol. The van der Waals surface area contributed by atoms with Crippen molar-refractivity contribution in [2.75, 3.05) is 11.4 Å². The standard InChI is InChI=1S/C27H39NO2.BrH/c1-21-27(2,3)26-23-16-13-12-15-22(23)18-19-24(26)28(21)20-14-10-8-6-4-5-7-9-11-17-25(29)30;/h12-13,15-16,18-19,21H,4-11,14,17,20H2,1-3H3,(H,29,30);1H. The van der Waals surface area contributed by atoms with Gasteiger partial charge in [-0.3, -0.25) is 4.79 Å². The predicted octanol–water partition coefficient (Wildman–Crippen LogP) is 7.89. The molecule has 0 amide bonds. The highest BCUT2D eigenvalue weighted by Gasteiger charge is 2.42. The minimum Gasteiger partial charge on any atom is -0.481 e. The second kappa shape index (κ2) is 11.9. The number of carboxylic acids is 1. The summed E-state index contributed by atoms with van der Waals surface area (Å²) < 4.78 is 0. The Hall–Kier alpha value is -1.55. The molecule has 0 spiro atoms. The van der Waals surface area contributed by atoms with Gasteiger partial charge in [0.25, 0.3) is 0 Å². The number of hydrogen-bond acceptors (Lipinski definition) is 2. The fourth-order valence-electron chi connectivity index (χ4n) is 5.09. The number of rotatable bonds is 12. The first-order chi connectivity index (χ1) is 14.4. The second-order valence-corrected chi connectivity index (χ2v) is 9.60. The molecule has 0 saturated carbocycles. The molecular weight excluding hydrogens is 450 g/mol. The van der Waals surface area contributed by atoms with Gasteiger partial charge in [0, 0.05) is 30.1 Å². The van der Waals surface area contributed by atoms with Gasteiger partial charge in [-0.25, -0.2) is 0 Å². The molecule has 1 aliphatic rings. The number of benzene rings is 2. The summed E-state index contributed by atoms with van der Waals surface area (Å²) in [6.07, 6.45) is 11.1. The highest BCUT2D eigenvalue weighted by molar-refractivity contribution is 8.93. The Morgan fingerprint density at radius 2 is 1.48 bits per heavy atom. The fraction of sp³-hybridized carbons (Fsp3) is 0.593. The van der Waals surface area contributed by atoms with E-state index < -0.39 is 5.97 Å². The van der Waals surface area contributed by atoms with Crippen LogP contribution in [0.4, 0.5) is 5.69 Å². The summed E-state index contributed by atoms with van der Waals surface area (Å²) >= 11 is 0. The summed E-state index contributed by atoms with van der Waals surface area (Å²) in [5, 5.41) is 11.4. The predicted molar refractivity (Wildman–Crippen MR) is 138 cm³/mol. The van der Waals surface area contributed by atoms with E-state index in [1.807, 2.05) is 0 Å². The van der Waals surface area contributed by atoms with Crippen molar-refractivity contribution < 1.29 is 9.90 Å². The molecule has 0 fully saturated rings. The van der Waals surface area contributed by atoms with Crippen LogP contribution in [0.3, 0.4) is 0 Å². The summed E-state index contributed by atoms with van der Waals surface area (Å²) in [4.78, 5) is 13.2. The Labute approximate surface area is 199 Å². The Morgan fingerprint density at radius 1 is 0.903 bits per heavy atom. The van der Waals surface area contributed by atoms with Crippen LogP contribution in [-0.4, -0.2) is 23.7 Å². The van der Waals surface area contributed by atoms with Gasteiger partial charge < -0.3 is 10.0 Å². The van der Waals surface area contributed by atoms with E-state index >= 15 is 0 Å². The molecule has 0 aromatic heterocycles. The fourth-order valence-corrected chi connectivity index (χ4v) is 5.09. The first-order valence-electron chi connectivity index (χ1n) is 11.9. The Morgan fingerprint density at radius 3 is 2.13 bits per heavy atom. The van der Waals surface area contributed by atoms with Crippen molar-refractivity contribution in [3.05, 3.63) is 42.0 Å². The third-order valence-electron chi connectivity index (χ3n) is 7.16. The van der Waals surface area contributed by atoms with E-state index in [9.17, 15) is 4.79 Å². The van der Waals surface area contributed by atoms with Crippen molar-refractivity contribution in [2.24, 2.45) is 0 Å². The third-order valence-corrected chi connectivity index (χ3v) is 7.16. The number of hydrogen-bond donors (Lipinski definition) is 1. The van der Waals surface area contributed by atoms with E-state index in [1.165, 1.54) is 67.0 Å². The first-order valence-corrected chi connectivity index (χ1v) is 11.9. The van der Waals surface area contributed by atoms with E-state index in [4.69, 9.17) is 5.11 Å². The van der Waals surface area contributed by atoms with Gasteiger partial charge in [-0.05, 0) is 42.2 Å². The zero-order valence-corrected chi connectivity index (χ0v) is 21.2. The lowest BCUT2D eigenvalue weighted by molar-refractivity contribution is -0.137. The van der Waals surface area contributed by atoms with Crippen LogP contribution >= 0.6 is 17.0 Å². The van der Waals surface area contributed by atoms with Gasteiger partial charge in [0.15, 0.2) is 0 Å². The molecule has 3 rings (SSSR count). The van der Waals surface area contributed by atoms with Crippen LogP contribution in [-0.2, 0) is 10.2 Å². The molecule has 0 radical (unpaired) electrons. The quantitative estimate of drug-likeness (QED) is 0.308. The Bertz CT molecular complexity index is 848. The lowest BCUT2D eigenvalue weighted by atomic mass is 9.79. The Balaban J connectivity index is 0.00000341. The van der Waals surface area contributed by atoms with Crippen molar-refractivity contribution >= 4 is 39.4 Å². The average Bonchev–Trinajstić information content (AvgIpc) is 2.92. The van der Waals surface area contributed by atoms with E-state index in [0.717, 1.165) is 19.4 Å². The van der Waals surface area contributed by atoms with Gasteiger partial charge in [0.1, 0.15) is 0 Å². The van der Waals surface area contributed by atoms with Gasteiger partial charge in [-0.15, -0.1) is 17.0 Å². The number of fused-ring (bicyclic) bond motifs is 3. The normalized spacial score (nSPS) is 16.9. The van der Waals surface area contributed by atoms with Crippen LogP contribution in [0.5, 0.6) is 0 Å². The summed E-state index contributed by atoms with van der Waals surface area (Å²) in [5.41, 5.74) is 3.13. The van der Waals surface area contributed by atoms with Crippen LogP contribution < -0.4 is 4.90 Å². The zero-order chi connectivity index (χ0) is 21.6. The molecule has 31 heavy (non-hydrogen) atoms. The number of unbranched alkanes of at least 4 members (excludes halogenated alkanes) is 8. The summed E-state index contributed by atoms with van der Waals surface area (Å²) in [6, 6.07) is 14.0. The van der Waals surface area contributed by atoms with E-state index in [-0.39, 0.29) is 22.4 Å². The molecule has 1 unspecified atom stereocenters. The number of nitrogens with zero attached hydrogens (tertiary/aromatic N) is 1. The van der Waals surface area contributed by atoms with Crippen LogP contribution in [0, 0.1) is 0 Å². The van der Waals surface area contributed by atoms with Crippen LogP contribution in [0.25, 0.3) is 10.8 Å². The maximum atomic E-state index is 10.5. The van der Waals surface area contributed by atoms with Crippen molar-refractivity contribution in [1.82, 2.24) is 0 Å². The smallest absolute Gasteiger partial charge is 0.303 e. The molecule has 2 aromatic rings. The highest BCUT2D eigenvalue weighted by Crippen LogP contribution is 2.48. The van der Waals surface area contributed by atoms with E-state index in [0.29, 0.717) is 12.5 Å². The van der Waals surface area contributed by atoms with Gasteiger partial charge in [0.05, 0.1) is 0 Å². The van der Waals surface area contributed by atoms with Gasteiger partial charge >= 0.3 is 5.97 Å². The van der Waals surface area contributed by atoms with Crippen LogP contribution in [0.2, 0.25) is 0 Å². The maximum Gasteiger partial charge on any atom is 0.303 e. The lowest BCUT2D eigenvalue weighted by Crippen LogP contribution is -2.39. The van der Waals surface area contributed by atoms with Crippen molar-refractivity contribution in [3.8, 4) is 0 Å². The largest absolute Gasteiger partial charge is 0.481 e. The van der Waals surface area contributed by atoms with E-state index in [1.54, 1.807) is 0 Å². The molecule has 2 aromatic carbocycles. The number of halogens is 1. The molecule has 172 valence electrons. The van der Waals surface area contributed by atoms with Crippen molar-refractivity contribution in [2.45, 2.75) is 96.4 Å². The number of anilines is 1.